The van der Waals surface area contributed by atoms with Crippen LogP contribution < -0.4 is 33.2 Å². The monoisotopic (exact) mass is 1150 g/mol. The van der Waals surface area contributed by atoms with Crippen molar-refractivity contribution >= 4 is 35.3 Å². The van der Waals surface area contributed by atoms with Crippen molar-refractivity contribution in [2.45, 2.75) is 135 Å². The van der Waals surface area contributed by atoms with Crippen molar-refractivity contribution in [1.29, 1.82) is 5.26 Å². The zero-order valence-corrected chi connectivity index (χ0v) is 48.8. The van der Waals surface area contributed by atoms with Crippen molar-refractivity contribution in [3.05, 3.63) is 198 Å². The number of carbonyl (C=O) groups excluding carboxylic acids is 4. The second-order valence-electron chi connectivity index (χ2n) is 20.7. The van der Waals surface area contributed by atoms with E-state index < -0.39 is 23.9 Å². The molecule has 0 bridgehead atoms. The van der Waals surface area contributed by atoms with Crippen LogP contribution in [0.15, 0.2) is 180 Å². The average Bonchev–Trinajstić information content (AvgIpc) is 3.72. The minimum absolute atomic E-state index is 0.122. The number of unbranched alkanes of at least 4 members (excludes halogenated alkanes) is 18. The molecule has 0 amide bonds. The highest BCUT2D eigenvalue weighted by Crippen LogP contribution is 2.26. The summed E-state index contributed by atoms with van der Waals surface area (Å²) in [6, 6.07) is 48.4. The Morgan fingerprint density at radius 3 is 0.988 bits per heavy atom. The normalized spacial score (nSPS) is 10.9. The fourth-order valence-electron chi connectivity index (χ4n) is 9.06. The molecule has 0 aliphatic heterocycles. The van der Waals surface area contributed by atoms with Crippen LogP contribution in [-0.2, 0) is 0 Å². The number of nitriles is 1. The Morgan fingerprint density at radius 2 is 0.624 bits per heavy atom. The second-order valence-corrected chi connectivity index (χ2v) is 20.7. The molecule has 0 radical (unpaired) electrons. The maximum Gasteiger partial charge on any atom is 0.343 e. The Kier molecular flexibility index (Phi) is 27.2. The van der Waals surface area contributed by atoms with Crippen LogP contribution >= 0.6 is 0 Å². The number of benzene rings is 7. The van der Waals surface area contributed by atoms with Crippen molar-refractivity contribution in [2.24, 2.45) is 10.2 Å². The minimum Gasteiger partial charge on any atom is -0.494 e. The summed E-state index contributed by atoms with van der Waals surface area (Å²) in [7, 11) is 0. The number of ether oxygens (including phenoxy) is 7. The van der Waals surface area contributed by atoms with Crippen LogP contribution in [0.1, 0.15) is 182 Å². The van der Waals surface area contributed by atoms with Crippen LogP contribution in [0.4, 0.5) is 11.4 Å². The molecule has 14 nitrogen and oxygen atoms in total. The van der Waals surface area contributed by atoms with Gasteiger partial charge in [0, 0.05) is 0 Å². The van der Waals surface area contributed by atoms with Gasteiger partial charge in [0.2, 0.25) is 0 Å². The van der Waals surface area contributed by atoms with Gasteiger partial charge in [-0.05, 0) is 183 Å². The van der Waals surface area contributed by atoms with Crippen molar-refractivity contribution in [3.8, 4) is 46.3 Å². The quantitative estimate of drug-likeness (QED) is 0.0156. The number of azo groups is 1. The van der Waals surface area contributed by atoms with Gasteiger partial charge in [-0.25, -0.2) is 19.2 Å². The van der Waals surface area contributed by atoms with Crippen molar-refractivity contribution < 1.29 is 52.3 Å². The summed E-state index contributed by atoms with van der Waals surface area (Å²) in [6.45, 7) is 4.16. The number of rotatable bonds is 37. The third kappa shape index (κ3) is 23.6. The number of hydrogen-bond donors (Lipinski definition) is 0. The molecule has 0 fully saturated rings. The molecule has 0 aliphatic rings. The molecule has 7 aromatic carbocycles. The van der Waals surface area contributed by atoms with Crippen molar-refractivity contribution in [2.75, 3.05) is 19.8 Å². The largest absolute Gasteiger partial charge is 0.494 e. The zero-order valence-electron chi connectivity index (χ0n) is 48.8. The van der Waals surface area contributed by atoms with E-state index in [0.717, 1.165) is 50.0 Å². The lowest BCUT2D eigenvalue weighted by molar-refractivity contribution is 0.0713. The molecule has 7 rings (SSSR count). The van der Waals surface area contributed by atoms with Gasteiger partial charge >= 0.3 is 23.9 Å². The fraction of sp³-hybridized carbons (Fsp3) is 0.338. The summed E-state index contributed by atoms with van der Waals surface area (Å²) < 4.78 is 39.9. The van der Waals surface area contributed by atoms with Gasteiger partial charge in [0.15, 0.2) is 0 Å². The van der Waals surface area contributed by atoms with E-state index >= 15 is 0 Å². The minimum atomic E-state index is -0.691. The van der Waals surface area contributed by atoms with E-state index in [2.05, 4.69) is 23.2 Å². The molecule has 0 saturated carbocycles. The maximum atomic E-state index is 13.1. The first kappa shape index (κ1) is 63.5. The molecule has 0 unspecified atom stereocenters. The third-order valence-corrected chi connectivity index (χ3v) is 14.0. The predicted octanol–water partition coefficient (Wildman–Crippen LogP) is 18.5. The van der Waals surface area contributed by atoms with Gasteiger partial charge in [-0.1, -0.05) is 122 Å². The molecule has 0 aliphatic carbocycles. The lowest BCUT2D eigenvalue weighted by Crippen LogP contribution is -2.12. The second kappa shape index (κ2) is 36.5. The van der Waals surface area contributed by atoms with Crippen LogP contribution in [0.25, 0.3) is 0 Å². The van der Waals surface area contributed by atoms with E-state index in [1.54, 1.807) is 78.9 Å². The number of carbonyl (C=O) groups is 4. The van der Waals surface area contributed by atoms with Gasteiger partial charge in [-0.15, -0.1) is 0 Å². The van der Waals surface area contributed by atoms with Gasteiger partial charge in [0.1, 0.15) is 40.2 Å². The van der Waals surface area contributed by atoms with Gasteiger partial charge in [-0.3, -0.25) is 0 Å². The third-order valence-electron chi connectivity index (χ3n) is 14.0. The van der Waals surface area contributed by atoms with E-state index in [0.29, 0.717) is 53.7 Å². The standard InChI is InChI=1S/C71H77N3O11/c1-2-3-4-5-6-7-10-13-16-19-49-79-61-37-27-55(28-38-61)68(75)82-64-41-31-57(32-42-64)70(77)85-67-24-22-23-58(52-67)71(78)84-66-47-45-65(46-48-66)83-69(76)56-29-39-62(40-30-56)80-50-20-17-14-11-8-9-12-15-18-21-51-81-63-43-35-60(36-44-63)74-73-59-33-25-54(53-72)26-34-59/h22-48,52H,2-21,49-51H2,1H3. The van der Waals surface area contributed by atoms with Gasteiger partial charge in [0.25, 0.3) is 0 Å². The molecule has 0 spiro atoms. The summed E-state index contributed by atoms with van der Waals surface area (Å²) in [4.78, 5) is 51.9. The summed E-state index contributed by atoms with van der Waals surface area (Å²) in [5.41, 5.74) is 3.08. The van der Waals surface area contributed by atoms with E-state index in [-0.39, 0.29) is 34.1 Å². The number of esters is 4. The Labute approximate surface area is 500 Å². The van der Waals surface area contributed by atoms with Gasteiger partial charge < -0.3 is 33.2 Å². The Balaban J connectivity index is 0.699. The molecular weight excluding hydrogens is 1070 g/mol. The summed E-state index contributed by atoms with van der Waals surface area (Å²) in [5, 5.41) is 17.4. The number of nitrogens with zero attached hydrogens (tertiary/aromatic N) is 3. The Hall–Kier alpha value is -9.09. The molecular formula is C71H77N3O11. The van der Waals surface area contributed by atoms with Crippen molar-refractivity contribution in [1.82, 2.24) is 0 Å². The molecule has 14 heteroatoms. The van der Waals surface area contributed by atoms with Crippen LogP contribution in [0.3, 0.4) is 0 Å². The summed E-state index contributed by atoms with van der Waals surface area (Å²) in [5.74, 6) is 0.583. The predicted molar refractivity (Wildman–Crippen MR) is 328 cm³/mol. The summed E-state index contributed by atoms with van der Waals surface area (Å²) >= 11 is 0. The van der Waals surface area contributed by atoms with Crippen LogP contribution in [-0.4, -0.2) is 43.7 Å². The molecule has 7 aromatic rings. The SMILES string of the molecule is CCCCCCCCCCCCOc1ccc(C(=O)Oc2ccc(C(=O)Oc3cccc(C(=O)Oc4ccc(OC(=O)c5ccc(OCCCCCCCCCCCCOc6ccc(N=Nc7ccc(C#N)cc7)cc6)cc5)cc4)c3)cc2)cc1. The molecule has 0 saturated heterocycles. The van der Waals surface area contributed by atoms with Gasteiger partial charge in [-0.2, -0.15) is 15.5 Å². The molecule has 85 heavy (non-hydrogen) atoms. The highest BCUT2D eigenvalue weighted by molar-refractivity contribution is 5.94. The lowest BCUT2D eigenvalue weighted by Gasteiger charge is -2.09. The van der Waals surface area contributed by atoms with Gasteiger partial charge in [0.05, 0.1) is 65.1 Å². The summed E-state index contributed by atoms with van der Waals surface area (Å²) in [6.07, 6.45) is 24.1. The highest BCUT2D eigenvalue weighted by Gasteiger charge is 2.16. The highest BCUT2D eigenvalue weighted by atomic mass is 16.6. The molecule has 0 aromatic heterocycles. The van der Waals surface area contributed by atoms with Crippen LogP contribution in [0.5, 0.6) is 40.2 Å². The first-order valence-electron chi connectivity index (χ1n) is 30.0. The van der Waals surface area contributed by atoms with E-state index in [1.807, 2.05) is 24.3 Å². The Morgan fingerprint density at radius 1 is 0.329 bits per heavy atom. The van der Waals surface area contributed by atoms with E-state index in [9.17, 15) is 19.2 Å². The molecule has 0 atom stereocenters. The first-order valence-corrected chi connectivity index (χ1v) is 30.0. The topological polar surface area (TPSA) is 181 Å². The fourth-order valence-corrected chi connectivity index (χ4v) is 9.06. The lowest BCUT2D eigenvalue weighted by atomic mass is 10.1. The Bertz CT molecular complexity index is 3190. The molecule has 0 heterocycles. The smallest absolute Gasteiger partial charge is 0.343 e. The van der Waals surface area contributed by atoms with E-state index in [1.165, 1.54) is 157 Å². The molecule has 0 N–H and O–H groups in total. The average molecular weight is 1150 g/mol. The van der Waals surface area contributed by atoms with Crippen LogP contribution in [0, 0.1) is 11.3 Å². The number of hydrogen-bond acceptors (Lipinski definition) is 14. The maximum absolute atomic E-state index is 13.1. The first-order chi connectivity index (χ1) is 41.7. The zero-order chi connectivity index (χ0) is 59.5. The van der Waals surface area contributed by atoms with E-state index in [4.69, 9.17) is 38.4 Å². The van der Waals surface area contributed by atoms with Crippen LogP contribution in [0.2, 0.25) is 0 Å². The van der Waals surface area contributed by atoms with Crippen molar-refractivity contribution in [3.63, 3.8) is 0 Å². The molecule has 442 valence electrons.